The van der Waals surface area contributed by atoms with Crippen molar-refractivity contribution < 1.29 is 23.1 Å². The second-order valence-electron chi connectivity index (χ2n) is 4.64. The van der Waals surface area contributed by atoms with Crippen molar-refractivity contribution in [3.63, 3.8) is 0 Å². The minimum Gasteiger partial charge on any atom is -0.506 e. The maximum Gasteiger partial charge on any atom is 0.412 e. The summed E-state index contributed by atoms with van der Waals surface area (Å²) < 4.78 is 27.9. The monoisotopic (exact) mass is 321 g/mol. The van der Waals surface area contributed by atoms with Crippen molar-refractivity contribution in [1.29, 1.82) is 0 Å². The Labute approximate surface area is 128 Å². The molecule has 0 fully saturated rings. The molecule has 0 bridgehead atoms. The SMILES string of the molecule is CS(=O)(=O)c1ccc(O)c(NC(=O)OCc2ccccc2)c1. The molecule has 2 aromatic carbocycles. The van der Waals surface area contributed by atoms with E-state index in [1.807, 2.05) is 18.2 Å². The Kier molecular flexibility index (Phi) is 4.67. The number of carbonyl (C=O) groups is 1. The van der Waals surface area contributed by atoms with Crippen LogP contribution in [0.15, 0.2) is 53.4 Å². The van der Waals surface area contributed by atoms with Gasteiger partial charge in [0.2, 0.25) is 0 Å². The number of amides is 1. The van der Waals surface area contributed by atoms with Gasteiger partial charge in [0.25, 0.3) is 0 Å². The molecule has 0 aliphatic rings. The molecule has 2 aromatic rings. The Morgan fingerprint density at radius 1 is 1.18 bits per heavy atom. The van der Waals surface area contributed by atoms with Crippen LogP contribution in [0.2, 0.25) is 0 Å². The van der Waals surface area contributed by atoms with Crippen LogP contribution in [0.5, 0.6) is 5.75 Å². The molecule has 0 aromatic heterocycles. The molecule has 6 nitrogen and oxygen atoms in total. The number of nitrogens with one attached hydrogen (secondary N) is 1. The summed E-state index contributed by atoms with van der Waals surface area (Å²) in [4.78, 5) is 11.7. The molecule has 22 heavy (non-hydrogen) atoms. The summed E-state index contributed by atoms with van der Waals surface area (Å²) >= 11 is 0. The van der Waals surface area contributed by atoms with Gasteiger partial charge in [-0.25, -0.2) is 13.2 Å². The molecule has 0 heterocycles. The Balaban J connectivity index is 2.05. The van der Waals surface area contributed by atoms with Crippen molar-refractivity contribution >= 4 is 21.6 Å². The first-order valence-electron chi connectivity index (χ1n) is 6.37. The Bertz CT molecular complexity index is 772. The summed E-state index contributed by atoms with van der Waals surface area (Å²) in [6.07, 6.45) is 0.251. The molecule has 0 radical (unpaired) electrons. The maximum absolute atomic E-state index is 11.7. The highest BCUT2D eigenvalue weighted by Crippen LogP contribution is 2.26. The predicted octanol–water partition coefficient (Wildman–Crippen LogP) is 2.54. The normalized spacial score (nSPS) is 11.0. The van der Waals surface area contributed by atoms with Gasteiger partial charge in [-0.2, -0.15) is 0 Å². The number of ether oxygens (including phenoxy) is 1. The largest absolute Gasteiger partial charge is 0.506 e. The molecule has 0 unspecified atom stereocenters. The molecular weight excluding hydrogens is 306 g/mol. The standard InChI is InChI=1S/C15H15NO5S/c1-22(19,20)12-7-8-14(17)13(9-12)16-15(18)21-10-11-5-3-2-4-6-11/h2-9,17H,10H2,1H3,(H,16,18). The first kappa shape index (κ1) is 15.8. The number of sulfone groups is 1. The minimum absolute atomic E-state index is 0.0105. The van der Waals surface area contributed by atoms with E-state index in [0.29, 0.717) is 0 Å². The van der Waals surface area contributed by atoms with Gasteiger partial charge in [-0.15, -0.1) is 0 Å². The predicted molar refractivity (Wildman–Crippen MR) is 81.5 cm³/mol. The fourth-order valence-electron chi connectivity index (χ4n) is 1.72. The van der Waals surface area contributed by atoms with Gasteiger partial charge in [0, 0.05) is 6.26 Å². The maximum atomic E-state index is 11.7. The van der Waals surface area contributed by atoms with Crippen LogP contribution in [0.25, 0.3) is 0 Å². The van der Waals surface area contributed by atoms with Crippen molar-refractivity contribution in [2.75, 3.05) is 11.6 Å². The van der Waals surface area contributed by atoms with Crippen molar-refractivity contribution in [2.45, 2.75) is 11.5 Å². The Morgan fingerprint density at radius 3 is 2.50 bits per heavy atom. The third-order valence-electron chi connectivity index (χ3n) is 2.85. The molecule has 1 amide bonds. The number of carbonyl (C=O) groups excluding carboxylic acids is 1. The van der Waals surface area contributed by atoms with Crippen LogP contribution >= 0.6 is 0 Å². The van der Waals surface area contributed by atoms with Gasteiger partial charge in [0.15, 0.2) is 9.84 Å². The zero-order chi connectivity index (χ0) is 16.2. The van der Waals surface area contributed by atoms with Crippen molar-refractivity contribution in [1.82, 2.24) is 0 Å². The quantitative estimate of drug-likeness (QED) is 0.844. The van der Waals surface area contributed by atoms with Crippen LogP contribution in [0, 0.1) is 0 Å². The van der Waals surface area contributed by atoms with E-state index in [2.05, 4.69) is 5.32 Å². The highest BCUT2D eigenvalue weighted by Gasteiger charge is 2.13. The number of aromatic hydroxyl groups is 1. The van der Waals surface area contributed by atoms with Crippen LogP contribution in [0.1, 0.15) is 5.56 Å². The topological polar surface area (TPSA) is 92.7 Å². The molecule has 0 saturated carbocycles. The summed E-state index contributed by atoms with van der Waals surface area (Å²) in [6, 6.07) is 12.7. The van der Waals surface area contributed by atoms with Gasteiger partial charge in [-0.3, -0.25) is 5.32 Å². The van der Waals surface area contributed by atoms with Gasteiger partial charge in [-0.05, 0) is 23.8 Å². The van der Waals surface area contributed by atoms with Crippen LogP contribution < -0.4 is 5.32 Å². The fourth-order valence-corrected chi connectivity index (χ4v) is 2.36. The average molecular weight is 321 g/mol. The number of benzene rings is 2. The smallest absolute Gasteiger partial charge is 0.412 e. The van der Waals surface area contributed by atoms with E-state index in [1.165, 1.54) is 18.2 Å². The van der Waals surface area contributed by atoms with Crippen molar-refractivity contribution in [3.8, 4) is 5.75 Å². The lowest BCUT2D eigenvalue weighted by Gasteiger charge is -2.09. The number of anilines is 1. The number of hydrogen-bond donors (Lipinski definition) is 2. The fraction of sp³-hybridized carbons (Fsp3) is 0.133. The van der Waals surface area contributed by atoms with E-state index in [9.17, 15) is 18.3 Å². The number of rotatable bonds is 4. The summed E-state index contributed by atoms with van der Waals surface area (Å²) in [5.41, 5.74) is 0.785. The van der Waals surface area contributed by atoms with Crippen molar-refractivity contribution in [2.24, 2.45) is 0 Å². The van der Waals surface area contributed by atoms with Crippen LogP contribution in [0.3, 0.4) is 0 Å². The summed E-state index contributed by atoms with van der Waals surface area (Å²) in [6.45, 7) is 0.0687. The van der Waals surface area contributed by atoms with Crippen LogP contribution in [-0.2, 0) is 21.2 Å². The lowest BCUT2D eigenvalue weighted by molar-refractivity contribution is 0.155. The molecule has 116 valence electrons. The molecule has 0 saturated heterocycles. The summed E-state index contributed by atoms with van der Waals surface area (Å²) in [5.74, 6) is -0.246. The molecule has 2 rings (SSSR count). The van der Waals surface area contributed by atoms with E-state index in [1.54, 1.807) is 12.1 Å². The van der Waals surface area contributed by atoms with Gasteiger partial charge in [0.1, 0.15) is 12.4 Å². The number of phenolic OH excluding ortho intramolecular Hbond substituents is 1. The molecule has 0 spiro atoms. The number of hydrogen-bond acceptors (Lipinski definition) is 5. The zero-order valence-corrected chi connectivity index (χ0v) is 12.6. The second kappa shape index (κ2) is 6.48. The highest BCUT2D eigenvalue weighted by atomic mass is 32.2. The van der Waals surface area contributed by atoms with Gasteiger partial charge in [-0.1, -0.05) is 30.3 Å². The third kappa shape index (κ3) is 4.23. The summed E-state index contributed by atoms with van der Waals surface area (Å²) in [7, 11) is -3.44. The average Bonchev–Trinajstić information content (AvgIpc) is 2.47. The molecule has 2 N–H and O–H groups in total. The summed E-state index contributed by atoms with van der Waals surface area (Å²) in [5, 5.41) is 12.0. The molecule has 0 aliphatic carbocycles. The second-order valence-corrected chi connectivity index (χ2v) is 6.65. The molecular formula is C15H15NO5S. The van der Waals surface area contributed by atoms with Crippen LogP contribution in [0.4, 0.5) is 10.5 Å². The first-order valence-corrected chi connectivity index (χ1v) is 8.26. The molecule has 7 heteroatoms. The van der Waals surface area contributed by atoms with E-state index in [0.717, 1.165) is 11.8 Å². The van der Waals surface area contributed by atoms with E-state index >= 15 is 0 Å². The first-order chi connectivity index (χ1) is 10.4. The van der Waals surface area contributed by atoms with Gasteiger partial charge >= 0.3 is 6.09 Å². The minimum atomic E-state index is -3.44. The Morgan fingerprint density at radius 2 is 1.86 bits per heavy atom. The van der Waals surface area contributed by atoms with Gasteiger partial charge < -0.3 is 9.84 Å². The van der Waals surface area contributed by atoms with E-state index < -0.39 is 15.9 Å². The highest BCUT2D eigenvalue weighted by molar-refractivity contribution is 7.90. The van der Waals surface area contributed by atoms with Gasteiger partial charge in [0.05, 0.1) is 10.6 Å². The molecule has 0 atom stereocenters. The lowest BCUT2D eigenvalue weighted by Crippen LogP contribution is -2.14. The van der Waals surface area contributed by atoms with Crippen molar-refractivity contribution in [3.05, 3.63) is 54.1 Å². The van der Waals surface area contributed by atoms with E-state index in [4.69, 9.17) is 4.74 Å². The Hall–Kier alpha value is -2.54. The zero-order valence-electron chi connectivity index (χ0n) is 11.8. The molecule has 0 aliphatic heterocycles. The van der Waals surface area contributed by atoms with E-state index in [-0.39, 0.29) is 22.9 Å². The number of phenols is 1. The third-order valence-corrected chi connectivity index (χ3v) is 3.96. The van der Waals surface area contributed by atoms with Crippen LogP contribution in [-0.4, -0.2) is 25.9 Å². The lowest BCUT2D eigenvalue weighted by atomic mass is 10.2.